The van der Waals surface area contributed by atoms with Crippen molar-refractivity contribution in [2.75, 3.05) is 0 Å². The molecular weight excluding hydrogens is 287 g/mol. The molecule has 3 N–H and O–H groups in total. The fourth-order valence-electron chi connectivity index (χ4n) is 2.89. The lowest BCUT2D eigenvalue weighted by Crippen LogP contribution is -2.30. The third-order valence-corrected chi connectivity index (χ3v) is 4.02. The standard InChI is InChI=1S/C17H20ClFN2/c1-10-6-11(2)17(12(3)7-10)16(21-20)9-13-4-5-14(18)15(19)8-13/h4-8,16,21H,9,20H2,1-3H3. The minimum atomic E-state index is -0.401. The Kier molecular flexibility index (Phi) is 4.99. The SMILES string of the molecule is Cc1cc(C)c(C(Cc2ccc(Cl)c(F)c2)NN)c(C)c1. The van der Waals surface area contributed by atoms with Crippen LogP contribution < -0.4 is 11.3 Å². The Labute approximate surface area is 130 Å². The van der Waals surface area contributed by atoms with Crippen molar-refractivity contribution in [2.45, 2.75) is 33.2 Å². The van der Waals surface area contributed by atoms with Gasteiger partial charge in [0.1, 0.15) is 5.82 Å². The molecule has 2 aromatic rings. The highest BCUT2D eigenvalue weighted by Crippen LogP contribution is 2.27. The summed E-state index contributed by atoms with van der Waals surface area (Å²) in [6.45, 7) is 6.22. The molecular formula is C17H20ClFN2. The number of nitrogens with one attached hydrogen (secondary N) is 1. The summed E-state index contributed by atoms with van der Waals surface area (Å²) in [5.74, 6) is 5.33. The summed E-state index contributed by atoms with van der Waals surface area (Å²) in [7, 11) is 0. The van der Waals surface area contributed by atoms with Crippen molar-refractivity contribution in [3.05, 3.63) is 69.0 Å². The quantitative estimate of drug-likeness (QED) is 0.658. The van der Waals surface area contributed by atoms with Gasteiger partial charge in [-0.25, -0.2) is 4.39 Å². The van der Waals surface area contributed by atoms with Gasteiger partial charge in [0.2, 0.25) is 0 Å². The molecule has 0 saturated heterocycles. The number of hydrogen-bond donors (Lipinski definition) is 2. The lowest BCUT2D eigenvalue weighted by atomic mass is 9.91. The Hall–Kier alpha value is -1.42. The molecule has 0 aliphatic carbocycles. The third-order valence-electron chi connectivity index (χ3n) is 3.71. The lowest BCUT2D eigenvalue weighted by Gasteiger charge is -2.22. The van der Waals surface area contributed by atoms with Crippen LogP contribution >= 0.6 is 11.6 Å². The first-order valence-electron chi connectivity index (χ1n) is 6.90. The van der Waals surface area contributed by atoms with Gasteiger partial charge in [-0.2, -0.15) is 0 Å². The number of benzene rings is 2. The fourth-order valence-corrected chi connectivity index (χ4v) is 3.01. The molecule has 0 fully saturated rings. The first-order chi connectivity index (χ1) is 9.92. The van der Waals surface area contributed by atoms with Gasteiger partial charge in [-0.1, -0.05) is 35.4 Å². The summed E-state index contributed by atoms with van der Waals surface area (Å²) in [5, 5.41) is 0.138. The number of nitrogens with two attached hydrogens (primary N) is 1. The van der Waals surface area contributed by atoms with Gasteiger partial charge in [0.05, 0.1) is 11.1 Å². The predicted molar refractivity (Wildman–Crippen MR) is 85.8 cm³/mol. The predicted octanol–water partition coefficient (Wildman–Crippen LogP) is 4.15. The van der Waals surface area contributed by atoms with Gasteiger partial charge >= 0.3 is 0 Å². The first-order valence-corrected chi connectivity index (χ1v) is 7.28. The summed E-state index contributed by atoms with van der Waals surface area (Å²) in [6, 6.07) is 9.07. The van der Waals surface area contributed by atoms with E-state index < -0.39 is 5.82 Å². The molecule has 21 heavy (non-hydrogen) atoms. The van der Waals surface area contributed by atoms with Crippen molar-refractivity contribution >= 4 is 11.6 Å². The molecule has 0 radical (unpaired) electrons. The lowest BCUT2D eigenvalue weighted by molar-refractivity contribution is 0.543. The molecule has 4 heteroatoms. The molecule has 1 unspecified atom stereocenters. The highest BCUT2D eigenvalue weighted by atomic mass is 35.5. The molecule has 2 nitrogen and oxygen atoms in total. The third kappa shape index (κ3) is 3.62. The average molecular weight is 307 g/mol. The highest BCUT2D eigenvalue weighted by Gasteiger charge is 2.16. The van der Waals surface area contributed by atoms with Crippen LogP contribution in [0.2, 0.25) is 5.02 Å². The molecule has 112 valence electrons. The zero-order valence-corrected chi connectivity index (χ0v) is 13.3. The monoisotopic (exact) mass is 306 g/mol. The summed E-state index contributed by atoms with van der Waals surface area (Å²) >= 11 is 5.72. The van der Waals surface area contributed by atoms with E-state index in [1.54, 1.807) is 6.07 Å². The number of hydrogen-bond acceptors (Lipinski definition) is 2. The van der Waals surface area contributed by atoms with E-state index in [0.29, 0.717) is 6.42 Å². The molecule has 0 bridgehead atoms. The van der Waals surface area contributed by atoms with E-state index >= 15 is 0 Å². The molecule has 0 spiro atoms. The molecule has 0 aliphatic heterocycles. The summed E-state index contributed by atoms with van der Waals surface area (Å²) in [6.07, 6.45) is 0.606. The van der Waals surface area contributed by atoms with Gasteiger partial charge in [-0.15, -0.1) is 0 Å². The van der Waals surface area contributed by atoms with E-state index in [2.05, 4.69) is 38.3 Å². The minimum absolute atomic E-state index is 0.0637. The molecule has 0 aliphatic rings. The normalized spacial score (nSPS) is 12.5. The van der Waals surface area contributed by atoms with E-state index in [-0.39, 0.29) is 11.1 Å². The smallest absolute Gasteiger partial charge is 0.142 e. The van der Waals surface area contributed by atoms with Gasteiger partial charge in [0.25, 0.3) is 0 Å². The van der Waals surface area contributed by atoms with Crippen LogP contribution in [-0.4, -0.2) is 0 Å². The first kappa shape index (κ1) is 16.0. The maximum Gasteiger partial charge on any atom is 0.142 e. The highest BCUT2D eigenvalue weighted by molar-refractivity contribution is 6.30. The second kappa shape index (κ2) is 6.56. The minimum Gasteiger partial charge on any atom is -0.271 e. The topological polar surface area (TPSA) is 38.0 Å². The fraction of sp³-hybridized carbons (Fsp3) is 0.294. The van der Waals surface area contributed by atoms with Crippen molar-refractivity contribution < 1.29 is 4.39 Å². The molecule has 0 saturated carbocycles. The summed E-state index contributed by atoms with van der Waals surface area (Å²) < 4.78 is 13.6. The van der Waals surface area contributed by atoms with E-state index in [9.17, 15) is 4.39 Å². The van der Waals surface area contributed by atoms with Crippen LogP contribution in [0.5, 0.6) is 0 Å². The Bertz CT molecular complexity index is 632. The van der Waals surface area contributed by atoms with Crippen molar-refractivity contribution in [3.63, 3.8) is 0 Å². The Morgan fingerprint density at radius 1 is 1.14 bits per heavy atom. The average Bonchev–Trinajstić information content (AvgIpc) is 2.40. The maximum atomic E-state index is 13.6. The molecule has 0 aromatic heterocycles. The van der Waals surface area contributed by atoms with E-state index in [1.807, 2.05) is 6.07 Å². The van der Waals surface area contributed by atoms with Gasteiger partial charge in [-0.05, 0) is 61.6 Å². The van der Waals surface area contributed by atoms with E-state index in [0.717, 1.165) is 5.56 Å². The van der Waals surface area contributed by atoms with Crippen LogP contribution in [0.4, 0.5) is 4.39 Å². The second-order valence-electron chi connectivity index (χ2n) is 5.48. The van der Waals surface area contributed by atoms with Gasteiger partial charge in [0.15, 0.2) is 0 Å². The van der Waals surface area contributed by atoms with Crippen molar-refractivity contribution in [3.8, 4) is 0 Å². The van der Waals surface area contributed by atoms with Gasteiger partial charge in [0, 0.05) is 0 Å². The largest absolute Gasteiger partial charge is 0.271 e. The number of rotatable bonds is 4. The van der Waals surface area contributed by atoms with Crippen LogP contribution in [-0.2, 0) is 6.42 Å². The molecule has 0 heterocycles. The maximum absolute atomic E-state index is 13.6. The van der Waals surface area contributed by atoms with Crippen LogP contribution in [0, 0.1) is 26.6 Å². The van der Waals surface area contributed by atoms with Crippen LogP contribution in [0.3, 0.4) is 0 Å². The van der Waals surface area contributed by atoms with Gasteiger partial charge < -0.3 is 0 Å². The van der Waals surface area contributed by atoms with E-state index in [1.165, 1.54) is 28.3 Å². The number of halogens is 2. The summed E-state index contributed by atoms with van der Waals surface area (Å²) in [5.41, 5.74) is 8.47. The van der Waals surface area contributed by atoms with Crippen LogP contribution in [0.1, 0.15) is 33.9 Å². The number of aryl methyl sites for hydroxylation is 3. The van der Waals surface area contributed by atoms with Crippen LogP contribution in [0.25, 0.3) is 0 Å². The summed E-state index contributed by atoms with van der Waals surface area (Å²) in [4.78, 5) is 0. The van der Waals surface area contributed by atoms with Crippen LogP contribution in [0.15, 0.2) is 30.3 Å². The van der Waals surface area contributed by atoms with Crippen molar-refractivity contribution in [2.24, 2.45) is 5.84 Å². The molecule has 2 rings (SSSR count). The Morgan fingerprint density at radius 3 is 2.29 bits per heavy atom. The van der Waals surface area contributed by atoms with Crippen molar-refractivity contribution in [1.82, 2.24) is 5.43 Å². The van der Waals surface area contributed by atoms with Crippen molar-refractivity contribution in [1.29, 1.82) is 0 Å². The zero-order chi connectivity index (χ0) is 15.6. The molecule has 0 amide bonds. The zero-order valence-electron chi connectivity index (χ0n) is 12.5. The molecule has 2 aromatic carbocycles. The Morgan fingerprint density at radius 2 is 1.76 bits per heavy atom. The Balaban J connectivity index is 2.34. The second-order valence-corrected chi connectivity index (χ2v) is 5.89. The van der Waals surface area contributed by atoms with E-state index in [4.69, 9.17) is 17.4 Å². The molecule has 1 atom stereocenters. The number of hydrazine groups is 1. The van der Waals surface area contributed by atoms with Gasteiger partial charge in [-0.3, -0.25) is 11.3 Å².